The zero-order chi connectivity index (χ0) is 12.3. The largest absolute Gasteiger partial charge is 0.550 e. The third-order valence-corrected chi connectivity index (χ3v) is 2.85. The Balaban J connectivity index is 2.54. The van der Waals surface area contributed by atoms with Crippen molar-refractivity contribution in [2.45, 2.75) is 27.2 Å². The molecule has 0 N–H and O–H groups in total. The van der Waals surface area contributed by atoms with Crippen LogP contribution in [0.4, 0.5) is 0 Å². The molecule has 0 aliphatic heterocycles. The number of hydrogen-bond acceptors (Lipinski definition) is 4. The molecule has 1 fully saturated rings. The van der Waals surface area contributed by atoms with Gasteiger partial charge in [-0.2, -0.15) is 0 Å². The molecule has 2 atom stereocenters. The lowest BCUT2D eigenvalue weighted by atomic mass is 10.1. The van der Waals surface area contributed by atoms with Crippen LogP contribution < -0.4 is 5.11 Å². The van der Waals surface area contributed by atoms with E-state index in [1.165, 1.54) is 0 Å². The summed E-state index contributed by atoms with van der Waals surface area (Å²) in [6.45, 7) is 5.82. The van der Waals surface area contributed by atoms with E-state index in [1.807, 2.05) is 6.92 Å². The van der Waals surface area contributed by atoms with Crippen LogP contribution in [0.5, 0.6) is 0 Å². The van der Waals surface area contributed by atoms with Gasteiger partial charge in [0.25, 0.3) is 0 Å². The average molecular weight is 223 g/mol. The van der Waals surface area contributed by atoms with E-state index in [2.05, 4.69) is 11.8 Å². The van der Waals surface area contributed by atoms with Crippen molar-refractivity contribution in [3.63, 3.8) is 0 Å². The molecule has 0 aromatic rings. The maximum atomic E-state index is 11.1. The number of esters is 1. The quantitative estimate of drug-likeness (QED) is 0.382. The van der Waals surface area contributed by atoms with Crippen molar-refractivity contribution in [2.24, 2.45) is 17.3 Å². The zero-order valence-electron chi connectivity index (χ0n) is 9.70. The highest BCUT2D eigenvalue weighted by molar-refractivity contribution is 5.89. The topological polar surface area (TPSA) is 66.4 Å². The molecular formula is C12H15O4-. The highest BCUT2D eigenvalue weighted by Gasteiger charge is 2.57. The Morgan fingerprint density at radius 1 is 1.44 bits per heavy atom. The lowest BCUT2D eigenvalue weighted by molar-refractivity contribution is -0.308. The number of carboxylic acid groups (broad SMARTS) is 1. The van der Waals surface area contributed by atoms with Gasteiger partial charge >= 0.3 is 5.97 Å². The molecular weight excluding hydrogens is 208 g/mol. The molecule has 0 saturated heterocycles. The third kappa shape index (κ3) is 2.54. The van der Waals surface area contributed by atoms with E-state index in [-0.39, 0.29) is 5.92 Å². The van der Waals surface area contributed by atoms with Gasteiger partial charge in [-0.1, -0.05) is 26.7 Å². The first-order valence-corrected chi connectivity index (χ1v) is 5.30. The van der Waals surface area contributed by atoms with Crippen molar-refractivity contribution < 1.29 is 19.4 Å². The second-order valence-corrected chi connectivity index (χ2v) is 4.50. The molecule has 2 unspecified atom stereocenters. The van der Waals surface area contributed by atoms with Gasteiger partial charge in [0.05, 0.1) is 6.61 Å². The van der Waals surface area contributed by atoms with Gasteiger partial charge in [-0.25, -0.2) is 4.79 Å². The van der Waals surface area contributed by atoms with Crippen LogP contribution in [0.25, 0.3) is 0 Å². The van der Waals surface area contributed by atoms with Crippen molar-refractivity contribution in [1.29, 1.82) is 0 Å². The van der Waals surface area contributed by atoms with E-state index in [0.29, 0.717) is 6.61 Å². The fourth-order valence-corrected chi connectivity index (χ4v) is 1.71. The maximum Gasteiger partial charge on any atom is 0.384 e. The van der Waals surface area contributed by atoms with Crippen molar-refractivity contribution in [1.82, 2.24) is 0 Å². The summed E-state index contributed by atoms with van der Waals surface area (Å²) in [5, 5.41) is 10.7. The molecule has 4 heteroatoms. The fourth-order valence-electron chi connectivity index (χ4n) is 1.71. The van der Waals surface area contributed by atoms with Crippen LogP contribution in [0.2, 0.25) is 0 Å². The van der Waals surface area contributed by atoms with Gasteiger partial charge in [-0.3, -0.25) is 0 Å². The Kier molecular flexibility index (Phi) is 3.58. The minimum Gasteiger partial charge on any atom is -0.550 e. The van der Waals surface area contributed by atoms with E-state index in [9.17, 15) is 14.7 Å². The predicted octanol–water partition coefficient (Wildman–Crippen LogP) is -0.0349. The first-order valence-electron chi connectivity index (χ1n) is 5.30. The van der Waals surface area contributed by atoms with Gasteiger partial charge in [-0.15, -0.1) is 0 Å². The number of carboxylic acids is 1. The van der Waals surface area contributed by atoms with E-state index >= 15 is 0 Å². The second-order valence-electron chi connectivity index (χ2n) is 4.50. The molecule has 1 rings (SSSR count). The first-order chi connectivity index (χ1) is 7.41. The predicted molar refractivity (Wildman–Crippen MR) is 54.8 cm³/mol. The minimum absolute atomic E-state index is 0.313. The van der Waals surface area contributed by atoms with Gasteiger partial charge in [0, 0.05) is 23.7 Å². The van der Waals surface area contributed by atoms with E-state index < -0.39 is 23.3 Å². The lowest BCUT2D eigenvalue weighted by Crippen LogP contribution is -2.26. The van der Waals surface area contributed by atoms with Gasteiger partial charge in [0.2, 0.25) is 0 Å². The van der Waals surface area contributed by atoms with Gasteiger partial charge < -0.3 is 14.6 Å². The number of ether oxygens (including phenoxy) is 1. The Hall–Kier alpha value is -1.50. The number of carbonyl (C=O) groups is 2. The zero-order valence-corrected chi connectivity index (χ0v) is 9.70. The number of hydrogen-bond donors (Lipinski definition) is 0. The summed E-state index contributed by atoms with van der Waals surface area (Å²) in [6, 6.07) is 0. The van der Waals surface area contributed by atoms with Crippen LogP contribution in [-0.4, -0.2) is 18.5 Å². The molecule has 4 nitrogen and oxygen atoms in total. The summed E-state index contributed by atoms with van der Waals surface area (Å²) in [4.78, 5) is 21.8. The Labute approximate surface area is 95.0 Å². The molecule has 1 saturated carbocycles. The second kappa shape index (κ2) is 4.56. The van der Waals surface area contributed by atoms with Crippen molar-refractivity contribution in [2.75, 3.05) is 6.61 Å². The molecule has 0 aromatic carbocycles. The molecule has 0 amide bonds. The Morgan fingerprint density at radius 2 is 2.06 bits per heavy atom. The standard InChI is InChI=1S/C12H16O4/c1-4-7-16-9(13)6-5-8-10(11(14)15)12(8,2)3/h8,10H,4,7H2,1-3H3,(H,14,15)/p-1. The maximum absolute atomic E-state index is 11.1. The number of aliphatic carboxylic acids is 1. The van der Waals surface area contributed by atoms with Gasteiger partial charge in [0.1, 0.15) is 0 Å². The van der Waals surface area contributed by atoms with Crippen LogP contribution in [0.1, 0.15) is 27.2 Å². The monoisotopic (exact) mass is 223 g/mol. The molecule has 16 heavy (non-hydrogen) atoms. The number of carbonyl (C=O) groups excluding carboxylic acids is 2. The highest BCUT2D eigenvalue weighted by Crippen LogP contribution is 2.57. The van der Waals surface area contributed by atoms with Crippen molar-refractivity contribution >= 4 is 11.9 Å². The van der Waals surface area contributed by atoms with Gasteiger partial charge in [-0.05, 0) is 11.8 Å². The van der Waals surface area contributed by atoms with Crippen LogP contribution in [0.3, 0.4) is 0 Å². The normalized spacial score (nSPS) is 25.2. The Morgan fingerprint density at radius 3 is 2.50 bits per heavy atom. The van der Waals surface area contributed by atoms with Crippen LogP contribution >= 0.6 is 0 Å². The van der Waals surface area contributed by atoms with E-state index in [4.69, 9.17) is 4.74 Å². The summed E-state index contributed by atoms with van der Waals surface area (Å²) in [7, 11) is 0. The van der Waals surface area contributed by atoms with Crippen molar-refractivity contribution in [3.8, 4) is 11.8 Å². The average Bonchev–Trinajstić information content (AvgIpc) is 2.74. The summed E-state index contributed by atoms with van der Waals surface area (Å²) in [5.41, 5.74) is -0.406. The van der Waals surface area contributed by atoms with Gasteiger partial charge in [0.15, 0.2) is 0 Å². The molecule has 0 heterocycles. The fraction of sp³-hybridized carbons (Fsp3) is 0.667. The molecule has 0 radical (unpaired) electrons. The van der Waals surface area contributed by atoms with Crippen LogP contribution in [0.15, 0.2) is 0 Å². The third-order valence-electron chi connectivity index (χ3n) is 2.85. The molecule has 1 aliphatic rings. The molecule has 88 valence electrons. The lowest BCUT2D eigenvalue weighted by Gasteiger charge is -2.00. The summed E-state index contributed by atoms with van der Waals surface area (Å²) >= 11 is 0. The smallest absolute Gasteiger partial charge is 0.384 e. The molecule has 0 aromatic heterocycles. The Bertz CT molecular complexity index is 359. The summed E-state index contributed by atoms with van der Waals surface area (Å²) < 4.78 is 4.76. The molecule has 0 bridgehead atoms. The summed E-state index contributed by atoms with van der Waals surface area (Å²) in [6.07, 6.45) is 0.740. The highest BCUT2D eigenvalue weighted by atomic mass is 16.5. The van der Waals surface area contributed by atoms with Crippen molar-refractivity contribution in [3.05, 3.63) is 0 Å². The van der Waals surface area contributed by atoms with Crippen LogP contribution in [-0.2, 0) is 14.3 Å². The minimum atomic E-state index is -1.11. The summed E-state index contributed by atoms with van der Waals surface area (Å²) in [5.74, 6) is 2.36. The van der Waals surface area contributed by atoms with Crippen LogP contribution in [0, 0.1) is 29.1 Å². The first kappa shape index (κ1) is 12.6. The van der Waals surface area contributed by atoms with E-state index in [1.54, 1.807) is 13.8 Å². The number of rotatable bonds is 3. The molecule has 1 aliphatic carbocycles. The SMILES string of the molecule is CCCOC(=O)C#CC1C(C(=O)[O-])C1(C)C. The van der Waals surface area contributed by atoms with E-state index in [0.717, 1.165) is 6.42 Å². The molecule has 0 spiro atoms.